The molecule has 1 aliphatic heterocycles. The molecule has 2 atom stereocenters. The second-order valence-corrected chi connectivity index (χ2v) is 7.94. The van der Waals surface area contributed by atoms with Gasteiger partial charge in [0, 0.05) is 17.1 Å². The molecule has 0 amide bonds. The third-order valence-electron chi connectivity index (χ3n) is 4.37. The molecule has 1 heterocycles. The van der Waals surface area contributed by atoms with Crippen molar-refractivity contribution in [1.29, 1.82) is 0 Å². The van der Waals surface area contributed by atoms with Crippen LogP contribution in [0.15, 0.2) is 0 Å². The number of aliphatic hydroxyl groups is 2. The largest absolute Gasteiger partial charge is 0.378 e. The summed E-state index contributed by atoms with van der Waals surface area (Å²) in [4.78, 5) is 1.97. The minimum absolute atomic E-state index is 0.0164. The molecule has 0 bridgehead atoms. The third-order valence-corrected chi connectivity index (χ3v) is 4.37. The van der Waals surface area contributed by atoms with Crippen molar-refractivity contribution in [3.8, 4) is 0 Å². The lowest BCUT2D eigenvalue weighted by molar-refractivity contribution is -0.146. The van der Waals surface area contributed by atoms with E-state index in [2.05, 4.69) is 46.9 Å². The van der Waals surface area contributed by atoms with Crippen LogP contribution in [0.3, 0.4) is 0 Å². The summed E-state index contributed by atoms with van der Waals surface area (Å²) >= 11 is 0. The van der Waals surface area contributed by atoms with Gasteiger partial charge in [0.05, 0.1) is 0 Å². The van der Waals surface area contributed by atoms with Crippen LogP contribution in [0.1, 0.15) is 80.1 Å². The van der Waals surface area contributed by atoms with Crippen LogP contribution >= 0.6 is 0 Å². The Bertz CT molecular complexity index is 290. The monoisotopic (exact) mass is 300 g/mol. The van der Waals surface area contributed by atoms with Gasteiger partial charge in [0.1, 0.15) is 12.5 Å². The summed E-state index contributed by atoms with van der Waals surface area (Å²) in [6, 6.07) is 0.208. The van der Waals surface area contributed by atoms with Gasteiger partial charge in [-0.05, 0) is 53.4 Å². The van der Waals surface area contributed by atoms with Crippen molar-refractivity contribution in [2.24, 2.45) is 0 Å². The summed E-state index contributed by atoms with van der Waals surface area (Å²) < 4.78 is 0. The van der Waals surface area contributed by atoms with Gasteiger partial charge in [0.15, 0.2) is 0 Å². The van der Waals surface area contributed by atoms with Crippen LogP contribution in [0.5, 0.6) is 0 Å². The molecule has 1 aliphatic rings. The first-order valence-electron chi connectivity index (χ1n) is 8.55. The topological polar surface area (TPSA) is 55.7 Å². The fourth-order valence-corrected chi connectivity index (χ4v) is 3.98. The van der Waals surface area contributed by atoms with Crippen LogP contribution in [-0.2, 0) is 0 Å². The van der Waals surface area contributed by atoms with Crippen LogP contribution in [0.4, 0.5) is 0 Å². The normalized spacial score (nSPS) is 25.0. The van der Waals surface area contributed by atoms with Crippen LogP contribution < -0.4 is 5.32 Å². The van der Waals surface area contributed by atoms with Gasteiger partial charge in [-0.15, -0.1) is 0 Å². The Morgan fingerprint density at radius 3 is 1.67 bits per heavy atom. The standard InChI is InChI=1S/C17H36N2O2/c1-7-9-14(20)19(15(21)10-8-2)13-11-16(3,4)18-17(5,6)12-13/h13-15,18,20-21H,7-12H2,1-6H3. The fraction of sp³-hybridized carbons (Fsp3) is 1.00. The zero-order valence-electron chi connectivity index (χ0n) is 14.8. The quantitative estimate of drug-likeness (QED) is 0.633. The van der Waals surface area contributed by atoms with E-state index < -0.39 is 12.5 Å². The van der Waals surface area contributed by atoms with Gasteiger partial charge in [0.2, 0.25) is 0 Å². The number of nitrogens with one attached hydrogen (secondary N) is 1. The third kappa shape index (κ3) is 5.51. The first kappa shape index (κ1) is 18.9. The van der Waals surface area contributed by atoms with Gasteiger partial charge in [0.25, 0.3) is 0 Å². The van der Waals surface area contributed by atoms with Crippen molar-refractivity contribution in [3.63, 3.8) is 0 Å². The first-order valence-corrected chi connectivity index (χ1v) is 8.55. The van der Waals surface area contributed by atoms with Crippen molar-refractivity contribution in [2.75, 3.05) is 0 Å². The number of rotatable bonds is 7. The van der Waals surface area contributed by atoms with Crippen LogP contribution in [0.25, 0.3) is 0 Å². The van der Waals surface area contributed by atoms with E-state index in [1.807, 2.05) is 4.90 Å². The molecular formula is C17H36N2O2. The van der Waals surface area contributed by atoms with Gasteiger partial charge in [-0.2, -0.15) is 0 Å². The molecule has 1 saturated heterocycles. The van der Waals surface area contributed by atoms with Crippen LogP contribution in [0.2, 0.25) is 0 Å². The molecular weight excluding hydrogens is 264 g/mol. The Kier molecular flexibility index (Phi) is 6.66. The van der Waals surface area contributed by atoms with Crippen LogP contribution in [0, 0.1) is 0 Å². The number of hydrogen-bond donors (Lipinski definition) is 3. The molecule has 0 saturated carbocycles. The summed E-state index contributed by atoms with van der Waals surface area (Å²) in [6.45, 7) is 13.0. The van der Waals surface area contributed by atoms with E-state index in [9.17, 15) is 10.2 Å². The average molecular weight is 300 g/mol. The highest BCUT2D eigenvalue weighted by atomic mass is 16.3. The lowest BCUT2D eigenvalue weighted by Gasteiger charge is -2.51. The number of nitrogens with zero attached hydrogens (tertiary/aromatic N) is 1. The average Bonchev–Trinajstić information content (AvgIpc) is 2.25. The fourth-order valence-electron chi connectivity index (χ4n) is 3.98. The molecule has 4 heteroatoms. The summed E-state index contributed by atoms with van der Waals surface area (Å²) in [5.41, 5.74) is 0.0328. The minimum atomic E-state index is -0.550. The number of piperidine rings is 1. The summed E-state index contributed by atoms with van der Waals surface area (Å²) in [5.74, 6) is 0. The van der Waals surface area contributed by atoms with E-state index in [-0.39, 0.29) is 17.1 Å². The van der Waals surface area contributed by atoms with E-state index in [1.165, 1.54) is 0 Å². The van der Waals surface area contributed by atoms with Crippen molar-refractivity contribution in [2.45, 2.75) is 110 Å². The number of hydrogen-bond acceptors (Lipinski definition) is 4. The highest BCUT2D eigenvalue weighted by Crippen LogP contribution is 2.34. The van der Waals surface area contributed by atoms with Gasteiger partial charge in [-0.3, -0.25) is 0 Å². The van der Waals surface area contributed by atoms with E-state index >= 15 is 0 Å². The van der Waals surface area contributed by atoms with E-state index in [1.54, 1.807) is 0 Å². The van der Waals surface area contributed by atoms with Crippen molar-refractivity contribution < 1.29 is 10.2 Å². The van der Waals surface area contributed by atoms with E-state index in [0.717, 1.165) is 25.7 Å². The van der Waals surface area contributed by atoms with Crippen molar-refractivity contribution in [3.05, 3.63) is 0 Å². The highest BCUT2D eigenvalue weighted by Gasteiger charge is 2.42. The molecule has 1 fully saturated rings. The SMILES string of the molecule is CCCC(O)N(C(O)CCC)C1CC(C)(C)NC(C)(C)C1. The Morgan fingerprint density at radius 1 is 0.952 bits per heavy atom. The maximum atomic E-state index is 10.5. The van der Waals surface area contributed by atoms with Gasteiger partial charge in [-0.1, -0.05) is 26.7 Å². The summed E-state index contributed by atoms with van der Waals surface area (Å²) in [6.07, 6.45) is 4.06. The Morgan fingerprint density at radius 2 is 1.33 bits per heavy atom. The van der Waals surface area contributed by atoms with E-state index in [0.29, 0.717) is 12.8 Å². The Balaban J connectivity index is 2.95. The smallest absolute Gasteiger partial charge is 0.109 e. The maximum Gasteiger partial charge on any atom is 0.109 e. The second kappa shape index (κ2) is 7.40. The zero-order valence-corrected chi connectivity index (χ0v) is 14.8. The first-order chi connectivity index (χ1) is 9.62. The lowest BCUT2D eigenvalue weighted by Crippen LogP contribution is -2.64. The Labute approximate surface area is 130 Å². The van der Waals surface area contributed by atoms with Crippen molar-refractivity contribution in [1.82, 2.24) is 10.2 Å². The highest BCUT2D eigenvalue weighted by molar-refractivity contribution is 5.00. The minimum Gasteiger partial charge on any atom is -0.378 e. The Hall–Kier alpha value is -0.160. The second-order valence-electron chi connectivity index (χ2n) is 7.94. The van der Waals surface area contributed by atoms with Gasteiger partial charge >= 0.3 is 0 Å². The molecule has 3 N–H and O–H groups in total. The summed E-state index contributed by atoms with van der Waals surface area (Å²) in [7, 11) is 0. The van der Waals surface area contributed by atoms with Crippen molar-refractivity contribution >= 4 is 0 Å². The van der Waals surface area contributed by atoms with Gasteiger partial charge < -0.3 is 15.5 Å². The van der Waals surface area contributed by atoms with Crippen LogP contribution in [-0.4, -0.2) is 44.7 Å². The molecule has 126 valence electrons. The summed E-state index contributed by atoms with van der Waals surface area (Å²) in [5, 5.41) is 24.8. The molecule has 4 nitrogen and oxygen atoms in total. The molecule has 2 unspecified atom stereocenters. The zero-order chi connectivity index (χ0) is 16.3. The maximum absolute atomic E-state index is 10.5. The molecule has 0 aromatic carbocycles. The predicted molar refractivity (Wildman–Crippen MR) is 88.0 cm³/mol. The van der Waals surface area contributed by atoms with E-state index in [4.69, 9.17) is 0 Å². The number of aliphatic hydroxyl groups excluding tert-OH is 2. The molecule has 21 heavy (non-hydrogen) atoms. The predicted octanol–water partition coefficient (Wildman–Crippen LogP) is 2.83. The molecule has 0 spiro atoms. The molecule has 0 aliphatic carbocycles. The molecule has 0 aromatic rings. The molecule has 0 aromatic heterocycles. The molecule has 0 radical (unpaired) electrons. The lowest BCUT2D eigenvalue weighted by atomic mass is 9.78. The van der Waals surface area contributed by atoms with Gasteiger partial charge in [-0.25, -0.2) is 4.90 Å². The molecule has 1 rings (SSSR count).